The number of methoxy groups -OCH3 is 3. The zero-order valence-corrected chi connectivity index (χ0v) is 41.1. The summed E-state index contributed by atoms with van der Waals surface area (Å²) in [6.45, 7) is 10.5. The van der Waals surface area contributed by atoms with Crippen LogP contribution in [-0.4, -0.2) is 159 Å². The minimum atomic E-state index is -3.71. The van der Waals surface area contributed by atoms with E-state index in [0.717, 1.165) is 39.3 Å². The average molecular weight is 983 g/mol. The van der Waals surface area contributed by atoms with E-state index in [0.29, 0.717) is 106 Å². The first kappa shape index (κ1) is 58.2. The first-order valence-corrected chi connectivity index (χ1v) is 24.0. The normalized spacial score (nSPS) is 11.0. The van der Waals surface area contributed by atoms with Gasteiger partial charge >= 0.3 is 0 Å². The van der Waals surface area contributed by atoms with Gasteiger partial charge in [0.15, 0.2) is 0 Å². The van der Waals surface area contributed by atoms with Gasteiger partial charge in [0.05, 0.1) is 111 Å². The molecule has 16 nitrogen and oxygen atoms in total. The van der Waals surface area contributed by atoms with Crippen molar-refractivity contribution in [2.75, 3.05) is 140 Å². The van der Waals surface area contributed by atoms with E-state index in [2.05, 4.69) is 0 Å². The molecular formula is C52H70O16S. The molecule has 0 bridgehead atoms. The summed E-state index contributed by atoms with van der Waals surface area (Å²) in [5, 5.41) is 18.2. The number of benzene rings is 5. The van der Waals surface area contributed by atoms with E-state index in [1.54, 1.807) is 57.7 Å². The van der Waals surface area contributed by atoms with Crippen molar-refractivity contribution in [1.29, 1.82) is 0 Å². The number of hydrogen-bond acceptors (Lipinski definition) is 16. The minimum absolute atomic E-state index is 0.0196. The Bertz CT molecular complexity index is 2000. The van der Waals surface area contributed by atoms with E-state index < -0.39 is 10.1 Å². The standard InChI is InChI=1S/C26H38O8.C14H22O6S.C12H10O2/c1-27-11-13-29-15-17-31-19-21-33-25-7-3-23(4-8-25)24-5-9-26(10-6-24)34-22-20-32-18-16-30-14-12-28-2;1-13-3-5-14(6-4-13)21(15,16)20-12-11-19-10-9-18-8-7-17-2;13-11-5-1-9(2-6-11)10-3-7-12(14)8-4-10/h3-10H,11-22H2,1-2H3;3-6H,7-12H2,1-2H3;1-8,13-14H. The first-order chi connectivity index (χ1) is 33.6. The van der Waals surface area contributed by atoms with Crippen LogP contribution < -0.4 is 9.47 Å². The molecule has 5 rings (SSSR count). The van der Waals surface area contributed by atoms with Gasteiger partial charge in [0.2, 0.25) is 0 Å². The van der Waals surface area contributed by atoms with Crippen LogP contribution in [0.25, 0.3) is 22.3 Å². The van der Waals surface area contributed by atoms with Crippen LogP contribution in [0.4, 0.5) is 0 Å². The second kappa shape index (κ2) is 36.8. The highest BCUT2D eigenvalue weighted by atomic mass is 32.2. The van der Waals surface area contributed by atoms with Crippen molar-refractivity contribution in [2.24, 2.45) is 0 Å². The summed E-state index contributed by atoms with van der Waals surface area (Å²) in [6.07, 6.45) is 0. The van der Waals surface area contributed by atoms with Crippen molar-refractivity contribution < 1.29 is 74.9 Å². The number of ether oxygens (including phenoxy) is 11. The van der Waals surface area contributed by atoms with Crippen molar-refractivity contribution in [3.05, 3.63) is 127 Å². The predicted octanol–water partition coefficient (Wildman–Crippen LogP) is 7.62. The summed E-state index contributed by atoms with van der Waals surface area (Å²) in [6, 6.07) is 36.4. The third kappa shape index (κ3) is 27.0. The number of aromatic hydroxyl groups is 2. The van der Waals surface area contributed by atoms with Crippen molar-refractivity contribution in [2.45, 2.75) is 11.8 Å². The number of hydrogen-bond donors (Lipinski definition) is 2. The molecule has 0 unspecified atom stereocenters. The maximum atomic E-state index is 11.8. The van der Waals surface area contributed by atoms with Gasteiger partial charge in [0.25, 0.3) is 10.1 Å². The Hall–Kier alpha value is -5.15. The summed E-state index contributed by atoms with van der Waals surface area (Å²) in [5.74, 6) is 2.14. The van der Waals surface area contributed by atoms with Crippen LogP contribution in [0.2, 0.25) is 0 Å². The number of phenols is 2. The van der Waals surface area contributed by atoms with Crippen molar-refractivity contribution in [3.63, 3.8) is 0 Å². The van der Waals surface area contributed by atoms with Crippen LogP contribution in [-0.2, 0) is 56.9 Å². The highest BCUT2D eigenvalue weighted by Gasteiger charge is 2.14. The van der Waals surface area contributed by atoms with Crippen LogP contribution in [0, 0.1) is 6.92 Å². The van der Waals surface area contributed by atoms with Gasteiger partial charge in [0, 0.05) is 21.3 Å². The molecule has 69 heavy (non-hydrogen) atoms. The number of aryl methyl sites for hydroxylation is 1. The lowest BCUT2D eigenvalue weighted by molar-refractivity contribution is 0.0180. The molecule has 380 valence electrons. The Kier molecular flexibility index (Phi) is 31.0. The monoisotopic (exact) mass is 982 g/mol. The molecule has 0 amide bonds. The molecule has 5 aromatic carbocycles. The molecule has 2 N–H and O–H groups in total. The SMILES string of the molecule is COCCOCCOCCOS(=O)(=O)c1ccc(C)cc1.COCCOCCOCCOc1ccc(-c2ccc(OCCOCCOCCOC)cc2)cc1.Oc1ccc(-c2ccc(O)cc2)cc1. The molecule has 17 heteroatoms. The molecule has 0 spiro atoms. The van der Waals surface area contributed by atoms with Gasteiger partial charge in [-0.2, -0.15) is 8.42 Å². The Morgan fingerprint density at radius 2 is 0.623 bits per heavy atom. The average Bonchev–Trinajstić information content (AvgIpc) is 3.36. The Labute approximate surface area is 407 Å². The summed E-state index contributed by atoms with van der Waals surface area (Å²) in [5.41, 5.74) is 5.25. The molecule has 0 aromatic heterocycles. The lowest BCUT2D eigenvalue weighted by Crippen LogP contribution is -2.14. The molecule has 0 saturated heterocycles. The topological polar surface area (TPSA) is 185 Å². The third-order valence-corrected chi connectivity index (χ3v) is 10.6. The van der Waals surface area contributed by atoms with Gasteiger partial charge in [-0.1, -0.05) is 66.2 Å². The number of phenolic OH excluding ortho intramolecular Hbond substituents is 2. The molecule has 0 atom stereocenters. The second-order valence-corrected chi connectivity index (χ2v) is 16.2. The molecule has 0 heterocycles. The van der Waals surface area contributed by atoms with E-state index in [9.17, 15) is 8.42 Å². The van der Waals surface area contributed by atoms with Gasteiger partial charge in [-0.05, 0) is 89.8 Å². The number of rotatable bonds is 33. The molecule has 0 saturated carbocycles. The zero-order chi connectivity index (χ0) is 49.6. The van der Waals surface area contributed by atoms with Crippen molar-refractivity contribution >= 4 is 10.1 Å². The van der Waals surface area contributed by atoms with Crippen LogP contribution in [0.3, 0.4) is 0 Å². The van der Waals surface area contributed by atoms with Crippen LogP contribution in [0.5, 0.6) is 23.0 Å². The molecule has 5 aromatic rings. The van der Waals surface area contributed by atoms with Crippen LogP contribution in [0.1, 0.15) is 5.56 Å². The Morgan fingerprint density at radius 3 is 0.942 bits per heavy atom. The van der Waals surface area contributed by atoms with Gasteiger partial charge < -0.3 is 62.3 Å². The van der Waals surface area contributed by atoms with E-state index in [1.807, 2.05) is 79.7 Å². The zero-order valence-electron chi connectivity index (χ0n) is 40.3. The molecule has 0 aliphatic rings. The predicted molar refractivity (Wildman–Crippen MR) is 263 cm³/mol. The molecule has 0 fully saturated rings. The fraction of sp³-hybridized carbons (Fsp3) is 0.423. The van der Waals surface area contributed by atoms with E-state index in [-0.39, 0.29) is 29.6 Å². The first-order valence-electron chi connectivity index (χ1n) is 22.6. The van der Waals surface area contributed by atoms with Crippen LogP contribution in [0.15, 0.2) is 126 Å². The highest BCUT2D eigenvalue weighted by Crippen LogP contribution is 2.25. The fourth-order valence-electron chi connectivity index (χ4n) is 5.60. The fourth-order valence-corrected chi connectivity index (χ4v) is 6.49. The van der Waals surface area contributed by atoms with E-state index in [4.69, 9.17) is 66.5 Å². The van der Waals surface area contributed by atoms with Crippen LogP contribution >= 0.6 is 0 Å². The summed E-state index contributed by atoms with van der Waals surface area (Å²) in [7, 11) is 1.20. The van der Waals surface area contributed by atoms with Gasteiger partial charge in [-0.3, -0.25) is 4.18 Å². The maximum Gasteiger partial charge on any atom is 0.297 e. The van der Waals surface area contributed by atoms with Gasteiger partial charge in [-0.15, -0.1) is 0 Å². The lowest BCUT2D eigenvalue weighted by Gasteiger charge is -2.10. The van der Waals surface area contributed by atoms with E-state index >= 15 is 0 Å². The third-order valence-electron chi connectivity index (χ3n) is 9.29. The van der Waals surface area contributed by atoms with Crippen molar-refractivity contribution in [1.82, 2.24) is 0 Å². The van der Waals surface area contributed by atoms with Gasteiger partial charge in [0.1, 0.15) is 36.2 Å². The minimum Gasteiger partial charge on any atom is -0.508 e. The summed E-state index contributed by atoms with van der Waals surface area (Å²) >= 11 is 0. The summed E-state index contributed by atoms with van der Waals surface area (Å²) < 4.78 is 86.7. The largest absolute Gasteiger partial charge is 0.508 e. The highest BCUT2D eigenvalue weighted by molar-refractivity contribution is 7.86. The van der Waals surface area contributed by atoms with Crippen molar-refractivity contribution in [3.8, 4) is 45.3 Å². The Balaban J connectivity index is 0.000000304. The summed E-state index contributed by atoms with van der Waals surface area (Å²) in [4.78, 5) is 0.149. The smallest absolute Gasteiger partial charge is 0.297 e. The second-order valence-electron chi connectivity index (χ2n) is 14.6. The Morgan fingerprint density at radius 1 is 0.348 bits per heavy atom. The van der Waals surface area contributed by atoms with E-state index in [1.165, 1.54) is 12.1 Å². The lowest BCUT2D eigenvalue weighted by atomic mass is 10.1. The molecule has 0 radical (unpaired) electrons. The molecule has 0 aliphatic carbocycles. The molecule has 0 aliphatic heterocycles. The quantitative estimate of drug-likeness (QED) is 0.0309. The molecular weight excluding hydrogens is 913 g/mol. The maximum absolute atomic E-state index is 11.8. The van der Waals surface area contributed by atoms with Gasteiger partial charge in [-0.25, -0.2) is 0 Å².